The number of aromatic nitrogens is 2. The van der Waals surface area contributed by atoms with Crippen LogP contribution in [-0.2, 0) is 5.88 Å². The molecule has 0 amide bonds. The van der Waals surface area contributed by atoms with Crippen LogP contribution >= 0.6 is 34.8 Å². The van der Waals surface area contributed by atoms with E-state index in [1.54, 1.807) is 34.9 Å². The van der Waals surface area contributed by atoms with Gasteiger partial charge in [-0.3, -0.25) is 4.57 Å². The molecule has 0 unspecified atom stereocenters. The van der Waals surface area contributed by atoms with Gasteiger partial charge in [-0.1, -0.05) is 35.3 Å². The molecule has 2 aromatic carbocycles. The first-order chi connectivity index (χ1) is 9.63. The third-order valence-corrected chi connectivity index (χ3v) is 3.84. The van der Waals surface area contributed by atoms with Gasteiger partial charge in [-0.25, -0.2) is 9.37 Å². The molecule has 1 aromatic heterocycles. The molecule has 6 heteroatoms. The highest BCUT2D eigenvalue weighted by Gasteiger charge is 2.18. The van der Waals surface area contributed by atoms with Crippen LogP contribution < -0.4 is 0 Å². The van der Waals surface area contributed by atoms with E-state index in [1.165, 1.54) is 6.07 Å². The molecule has 0 aliphatic heterocycles. The second-order valence-corrected chi connectivity index (χ2v) is 5.26. The first-order valence-corrected chi connectivity index (χ1v) is 7.08. The Morgan fingerprint density at radius 2 is 1.75 bits per heavy atom. The lowest BCUT2D eigenvalue weighted by atomic mass is 10.2. The fraction of sp³-hybridized carbons (Fsp3) is 0.0714. The van der Waals surface area contributed by atoms with Crippen molar-refractivity contribution in [2.75, 3.05) is 0 Å². The largest absolute Gasteiger partial charge is 0.291 e. The second-order valence-electron chi connectivity index (χ2n) is 4.17. The Balaban J connectivity index is 2.44. The van der Waals surface area contributed by atoms with Gasteiger partial charge in [0.15, 0.2) is 0 Å². The van der Waals surface area contributed by atoms with Gasteiger partial charge in [-0.15, -0.1) is 11.6 Å². The molecule has 0 radical (unpaired) electrons. The average Bonchev–Trinajstić information content (AvgIpc) is 2.79. The molecule has 3 aromatic rings. The van der Waals surface area contributed by atoms with Gasteiger partial charge in [0.1, 0.15) is 22.8 Å². The van der Waals surface area contributed by atoms with Crippen molar-refractivity contribution in [2.24, 2.45) is 0 Å². The molecule has 102 valence electrons. The van der Waals surface area contributed by atoms with E-state index in [9.17, 15) is 4.39 Å². The van der Waals surface area contributed by atoms with E-state index in [-0.39, 0.29) is 16.6 Å². The van der Waals surface area contributed by atoms with Gasteiger partial charge in [0.25, 0.3) is 0 Å². The predicted molar refractivity (Wildman–Crippen MR) is 80.6 cm³/mol. The summed E-state index contributed by atoms with van der Waals surface area (Å²) < 4.78 is 15.8. The number of alkyl halides is 1. The van der Waals surface area contributed by atoms with E-state index >= 15 is 0 Å². The zero-order valence-corrected chi connectivity index (χ0v) is 12.3. The van der Waals surface area contributed by atoms with Crippen molar-refractivity contribution in [2.45, 2.75) is 5.88 Å². The first-order valence-electron chi connectivity index (χ1n) is 5.79. The minimum absolute atomic E-state index is 0.121. The molecule has 0 atom stereocenters. The molecular weight excluding hydrogens is 322 g/mol. The van der Waals surface area contributed by atoms with Crippen molar-refractivity contribution in [3.8, 4) is 5.69 Å². The summed E-state index contributed by atoms with van der Waals surface area (Å²) in [6.07, 6.45) is 0. The standard InChI is InChI=1S/C14H8Cl3FN2/c15-7-12-19-13-8(16)3-2-6-11(13)20(12)14-9(17)4-1-5-10(14)18/h1-6H,7H2. The molecule has 0 aliphatic carbocycles. The Labute approximate surface area is 129 Å². The third-order valence-electron chi connectivity index (χ3n) is 2.99. The number of para-hydroxylation sites is 2. The Hall–Kier alpha value is -1.29. The Morgan fingerprint density at radius 1 is 1.05 bits per heavy atom. The van der Waals surface area contributed by atoms with Crippen molar-refractivity contribution < 1.29 is 4.39 Å². The van der Waals surface area contributed by atoms with Crippen molar-refractivity contribution in [1.29, 1.82) is 0 Å². The molecule has 3 rings (SSSR count). The smallest absolute Gasteiger partial charge is 0.148 e. The zero-order valence-electron chi connectivity index (χ0n) is 10.1. The van der Waals surface area contributed by atoms with Crippen LogP contribution in [0.25, 0.3) is 16.7 Å². The van der Waals surface area contributed by atoms with Crippen LogP contribution in [0, 0.1) is 5.82 Å². The van der Waals surface area contributed by atoms with Gasteiger partial charge in [-0.2, -0.15) is 0 Å². The van der Waals surface area contributed by atoms with Gasteiger partial charge in [0, 0.05) is 0 Å². The maximum Gasteiger partial charge on any atom is 0.148 e. The summed E-state index contributed by atoms with van der Waals surface area (Å²) in [4.78, 5) is 4.36. The number of halogens is 4. The van der Waals surface area contributed by atoms with E-state index in [1.807, 2.05) is 0 Å². The molecular formula is C14H8Cl3FN2. The van der Waals surface area contributed by atoms with Crippen LogP contribution in [0.3, 0.4) is 0 Å². The molecule has 1 heterocycles. The number of nitrogens with zero attached hydrogens (tertiary/aromatic N) is 2. The Bertz CT molecular complexity index is 778. The minimum Gasteiger partial charge on any atom is -0.291 e. The summed E-state index contributed by atoms with van der Waals surface area (Å²) in [5, 5.41) is 0.774. The van der Waals surface area contributed by atoms with Crippen LogP contribution in [0.15, 0.2) is 36.4 Å². The topological polar surface area (TPSA) is 17.8 Å². The van der Waals surface area contributed by atoms with Crippen molar-refractivity contribution in [1.82, 2.24) is 9.55 Å². The second kappa shape index (κ2) is 5.24. The van der Waals surface area contributed by atoms with Crippen molar-refractivity contribution >= 4 is 45.8 Å². The molecule has 2 nitrogen and oxygen atoms in total. The normalized spacial score (nSPS) is 11.2. The monoisotopic (exact) mass is 328 g/mol. The van der Waals surface area contributed by atoms with Gasteiger partial charge in [-0.05, 0) is 24.3 Å². The van der Waals surface area contributed by atoms with Crippen molar-refractivity contribution in [3.05, 3.63) is 58.1 Å². The molecule has 0 bridgehead atoms. The molecule has 0 saturated heterocycles. The van der Waals surface area contributed by atoms with Crippen molar-refractivity contribution in [3.63, 3.8) is 0 Å². The summed E-state index contributed by atoms with van der Waals surface area (Å²) in [6.45, 7) is 0. The summed E-state index contributed by atoms with van der Waals surface area (Å²) in [7, 11) is 0. The van der Waals surface area contributed by atoms with Gasteiger partial charge < -0.3 is 0 Å². The van der Waals surface area contributed by atoms with Crippen LogP contribution in [0.2, 0.25) is 10.0 Å². The summed E-state index contributed by atoms with van der Waals surface area (Å²) >= 11 is 18.2. The fourth-order valence-electron chi connectivity index (χ4n) is 2.15. The predicted octanol–water partition coefficient (Wildman–Crippen LogP) is 5.21. The van der Waals surface area contributed by atoms with Gasteiger partial charge in [0.2, 0.25) is 0 Å². The lowest BCUT2D eigenvalue weighted by Crippen LogP contribution is -2.03. The van der Waals surface area contributed by atoms with Gasteiger partial charge >= 0.3 is 0 Å². The average molecular weight is 330 g/mol. The molecule has 0 spiro atoms. The van der Waals surface area contributed by atoms with Gasteiger partial charge in [0.05, 0.1) is 21.4 Å². The Kier molecular flexibility index (Phi) is 3.59. The summed E-state index contributed by atoms with van der Waals surface area (Å²) in [6, 6.07) is 9.81. The number of fused-ring (bicyclic) bond motifs is 1. The molecule has 0 fully saturated rings. The lowest BCUT2D eigenvalue weighted by molar-refractivity contribution is 0.618. The van der Waals surface area contributed by atoms with E-state index < -0.39 is 5.82 Å². The van der Waals surface area contributed by atoms with Crippen LogP contribution in [0.5, 0.6) is 0 Å². The van der Waals surface area contributed by atoms with Crippen LogP contribution in [0.4, 0.5) is 4.39 Å². The number of rotatable bonds is 2. The first kappa shape index (κ1) is 13.7. The SMILES string of the molecule is Fc1cccc(Cl)c1-n1c(CCl)nc2c(Cl)cccc21. The maximum atomic E-state index is 14.1. The summed E-state index contributed by atoms with van der Waals surface area (Å²) in [5.41, 5.74) is 1.47. The molecule has 0 aliphatic rings. The van der Waals surface area contributed by atoms with E-state index in [2.05, 4.69) is 4.98 Å². The summed E-state index contributed by atoms with van der Waals surface area (Å²) in [5.74, 6) is 0.167. The highest BCUT2D eigenvalue weighted by Crippen LogP contribution is 2.32. The number of hydrogen-bond acceptors (Lipinski definition) is 1. The van der Waals surface area contributed by atoms with E-state index in [0.29, 0.717) is 21.9 Å². The van der Waals surface area contributed by atoms with E-state index in [0.717, 1.165) is 0 Å². The molecule has 0 saturated carbocycles. The number of hydrogen-bond donors (Lipinski definition) is 0. The maximum absolute atomic E-state index is 14.1. The highest BCUT2D eigenvalue weighted by atomic mass is 35.5. The Morgan fingerprint density at radius 3 is 2.45 bits per heavy atom. The number of imidazole rings is 1. The van der Waals surface area contributed by atoms with E-state index in [4.69, 9.17) is 34.8 Å². The number of benzene rings is 2. The van der Waals surface area contributed by atoms with Crippen LogP contribution in [0.1, 0.15) is 5.82 Å². The lowest BCUT2D eigenvalue weighted by Gasteiger charge is -2.10. The van der Waals surface area contributed by atoms with Crippen LogP contribution in [-0.4, -0.2) is 9.55 Å². The molecule has 0 N–H and O–H groups in total. The zero-order chi connectivity index (χ0) is 14.3. The fourth-order valence-corrected chi connectivity index (χ4v) is 2.79. The molecule has 20 heavy (non-hydrogen) atoms. The third kappa shape index (κ3) is 2.06. The quantitative estimate of drug-likeness (QED) is 0.590. The highest BCUT2D eigenvalue weighted by molar-refractivity contribution is 6.35. The minimum atomic E-state index is -0.442.